The predicted molar refractivity (Wildman–Crippen MR) is 99.0 cm³/mol. The Labute approximate surface area is 147 Å². The van der Waals surface area contributed by atoms with Crippen LogP contribution in [0.4, 0.5) is 4.39 Å². The minimum Gasteiger partial charge on any atom is -0.357 e. The summed E-state index contributed by atoms with van der Waals surface area (Å²) in [7, 11) is 0. The maximum absolute atomic E-state index is 13.2. The van der Waals surface area contributed by atoms with Gasteiger partial charge in [-0.25, -0.2) is 14.4 Å². The van der Waals surface area contributed by atoms with Crippen LogP contribution in [0.5, 0.6) is 0 Å². The standard InChI is InChI=1S/C18H25FN4S/c1-3-20-18(22-12-15-7-6-8-16(19)11-15)21-10-5-4-9-17-23-14(2)13-24-17/h6-8,11,13H,3-5,9-10,12H2,1-2H3,(H2,20,21,22). The number of benzene rings is 1. The van der Waals surface area contributed by atoms with Crippen LogP contribution in [0.25, 0.3) is 0 Å². The molecule has 0 aliphatic carbocycles. The first-order chi connectivity index (χ1) is 11.7. The lowest BCUT2D eigenvalue weighted by Crippen LogP contribution is -2.37. The number of aromatic nitrogens is 1. The third kappa shape index (κ3) is 6.66. The third-order valence-corrected chi connectivity index (χ3v) is 4.46. The lowest BCUT2D eigenvalue weighted by atomic mass is 10.2. The number of hydrogen-bond donors (Lipinski definition) is 2. The van der Waals surface area contributed by atoms with Crippen LogP contribution in [-0.4, -0.2) is 24.0 Å². The zero-order valence-corrected chi connectivity index (χ0v) is 15.1. The van der Waals surface area contributed by atoms with Crippen molar-refractivity contribution in [3.8, 4) is 0 Å². The molecular formula is C18H25FN4S. The SMILES string of the molecule is CCNC(=NCc1cccc(F)c1)NCCCCc1nc(C)cs1. The Kier molecular flexibility index (Phi) is 7.68. The van der Waals surface area contributed by atoms with Crippen molar-refractivity contribution < 1.29 is 4.39 Å². The van der Waals surface area contributed by atoms with Crippen LogP contribution in [0.15, 0.2) is 34.6 Å². The number of unbranched alkanes of at least 4 members (excludes halogenated alkanes) is 1. The number of rotatable bonds is 8. The van der Waals surface area contributed by atoms with E-state index >= 15 is 0 Å². The molecule has 2 aromatic rings. The maximum Gasteiger partial charge on any atom is 0.191 e. The molecule has 0 fully saturated rings. The summed E-state index contributed by atoms with van der Waals surface area (Å²) in [5.74, 6) is 0.546. The van der Waals surface area contributed by atoms with Crippen LogP contribution in [0.2, 0.25) is 0 Å². The van der Waals surface area contributed by atoms with E-state index in [9.17, 15) is 4.39 Å². The smallest absolute Gasteiger partial charge is 0.191 e. The van der Waals surface area contributed by atoms with E-state index in [1.54, 1.807) is 17.4 Å². The fraction of sp³-hybridized carbons (Fsp3) is 0.444. The summed E-state index contributed by atoms with van der Waals surface area (Å²) in [5, 5.41) is 9.84. The second-order valence-electron chi connectivity index (χ2n) is 5.59. The summed E-state index contributed by atoms with van der Waals surface area (Å²) in [6.45, 7) is 6.18. The molecule has 2 N–H and O–H groups in total. The van der Waals surface area contributed by atoms with Crippen LogP contribution in [0, 0.1) is 12.7 Å². The van der Waals surface area contributed by atoms with E-state index in [1.165, 1.54) is 17.1 Å². The van der Waals surface area contributed by atoms with Gasteiger partial charge in [-0.3, -0.25) is 0 Å². The van der Waals surface area contributed by atoms with Crippen LogP contribution in [0.3, 0.4) is 0 Å². The molecule has 0 saturated heterocycles. The molecule has 130 valence electrons. The van der Waals surface area contributed by atoms with E-state index in [0.717, 1.165) is 49.6 Å². The molecule has 0 bridgehead atoms. The molecule has 4 nitrogen and oxygen atoms in total. The molecule has 0 atom stereocenters. The molecule has 0 aliphatic rings. The summed E-state index contributed by atoms with van der Waals surface area (Å²) in [5.41, 5.74) is 1.97. The predicted octanol–water partition coefficient (Wildman–Crippen LogP) is 3.67. The largest absolute Gasteiger partial charge is 0.357 e. The van der Waals surface area contributed by atoms with Gasteiger partial charge >= 0.3 is 0 Å². The monoisotopic (exact) mass is 348 g/mol. The molecule has 1 aromatic carbocycles. The Morgan fingerprint density at radius 2 is 2.17 bits per heavy atom. The summed E-state index contributed by atoms with van der Waals surface area (Å²) in [4.78, 5) is 8.98. The number of nitrogens with zero attached hydrogens (tertiary/aromatic N) is 2. The van der Waals surface area contributed by atoms with Gasteiger partial charge in [0.05, 0.1) is 11.6 Å². The molecule has 24 heavy (non-hydrogen) atoms. The van der Waals surface area contributed by atoms with E-state index in [4.69, 9.17) is 0 Å². The molecule has 2 rings (SSSR count). The molecule has 0 amide bonds. The number of guanidine groups is 1. The van der Waals surface area contributed by atoms with E-state index in [2.05, 4.69) is 26.0 Å². The van der Waals surface area contributed by atoms with Crippen molar-refractivity contribution in [1.82, 2.24) is 15.6 Å². The topological polar surface area (TPSA) is 49.3 Å². The highest BCUT2D eigenvalue weighted by Crippen LogP contribution is 2.11. The van der Waals surface area contributed by atoms with Crippen LogP contribution < -0.4 is 10.6 Å². The number of nitrogens with one attached hydrogen (secondary N) is 2. The molecule has 0 saturated carbocycles. The maximum atomic E-state index is 13.2. The molecule has 1 aromatic heterocycles. The van der Waals surface area contributed by atoms with Crippen molar-refractivity contribution >= 4 is 17.3 Å². The van der Waals surface area contributed by atoms with Crippen molar-refractivity contribution in [2.45, 2.75) is 39.7 Å². The number of thiazole rings is 1. The first-order valence-electron chi connectivity index (χ1n) is 8.35. The zero-order valence-electron chi connectivity index (χ0n) is 14.3. The first-order valence-corrected chi connectivity index (χ1v) is 9.23. The Bertz CT molecular complexity index is 654. The molecule has 0 unspecified atom stereocenters. The van der Waals surface area contributed by atoms with Gasteiger partial charge < -0.3 is 10.6 Å². The summed E-state index contributed by atoms with van der Waals surface area (Å²) in [6, 6.07) is 6.55. The highest BCUT2D eigenvalue weighted by molar-refractivity contribution is 7.09. The van der Waals surface area contributed by atoms with Crippen molar-refractivity contribution in [3.63, 3.8) is 0 Å². The van der Waals surface area contributed by atoms with Gasteiger partial charge in [-0.15, -0.1) is 11.3 Å². The third-order valence-electron chi connectivity index (χ3n) is 3.43. The van der Waals surface area contributed by atoms with Crippen LogP contribution in [0.1, 0.15) is 36.0 Å². The zero-order chi connectivity index (χ0) is 17.2. The Morgan fingerprint density at radius 3 is 2.88 bits per heavy atom. The molecule has 6 heteroatoms. The summed E-state index contributed by atoms with van der Waals surface area (Å²) >= 11 is 1.73. The fourth-order valence-electron chi connectivity index (χ4n) is 2.27. The van der Waals surface area contributed by atoms with E-state index in [0.29, 0.717) is 6.54 Å². The van der Waals surface area contributed by atoms with Gasteiger partial charge in [-0.05, 0) is 50.8 Å². The molecular weight excluding hydrogens is 323 g/mol. The van der Waals surface area contributed by atoms with E-state index in [1.807, 2.05) is 19.9 Å². The molecule has 0 spiro atoms. The number of halogens is 1. The van der Waals surface area contributed by atoms with Gasteiger partial charge in [0.1, 0.15) is 5.82 Å². The van der Waals surface area contributed by atoms with Gasteiger partial charge in [0.2, 0.25) is 0 Å². The number of aliphatic imine (C=N–C) groups is 1. The minimum absolute atomic E-state index is 0.224. The van der Waals surface area contributed by atoms with Crippen molar-refractivity contribution in [3.05, 3.63) is 51.7 Å². The highest BCUT2D eigenvalue weighted by Gasteiger charge is 2.01. The summed E-state index contributed by atoms with van der Waals surface area (Å²) < 4.78 is 13.2. The summed E-state index contributed by atoms with van der Waals surface area (Å²) in [6.07, 6.45) is 3.18. The first kappa shape index (κ1) is 18.4. The molecule has 0 radical (unpaired) electrons. The second kappa shape index (κ2) is 10.0. The van der Waals surface area contributed by atoms with Crippen LogP contribution in [-0.2, 0) is 13.0 Å². The number of aryl methyl sites for hydroxylation is 2. The average Bonchev–Trinajstić information content (AvgIpc) is 2.97. The molecule has 0 aliphatic heterocycles. The van der Waals surface area contributed by atoms with Crippen LogP contribution >= 0.6 is 11.3 Å². The lowest BCUT2D eigenvalue weighted by Gasteiger charge is -2.11. The van der Waals surface area contributed by atoms with Crippen molar-refractivity contribution in [2.24, 2.45) is 4.99 Å². The van der Waals surface area contributed by atoms with Gasteiger partial charge in [0, 0.05) is 24.2 Å². The Balaban J connectivity index is 1.73. The van der Waals surface area contributed by atoms with Gasteiger partial charge in [-0.1, -0.05) is 12.1 Å². The Morgan fingerprint density at radius 1 is 1.29 bits per heavy atom. The van der Waals surface area contributed by atoms with E-state index in [-0.39, 0.29) is 5.82 Å². The minimum atomic E-state index is -0.224. The Hall–Kier alpha value is -1.95. The molecule has 1 heterocycles. The van der Waals surface area contributed by atoms with Crippen molar-refractivity contribution in [1.29, 1.82) is 0 Å². The normalized spacial score (nSPS) is 11.5. The number of hydrogen-bond acceptors (Lipinski definition) is 3. The lowest BCUT2D eigenvalue weighted by molar-refractivity contribution is 0.625. The quantitative estimate of drug-likeness (QED) is 0.435. The second-order valence-corrected chi connectivity index (χ2v) is 6.53. The van der Waals surface area contributed by atoms with Gasteiger partial charge in [-0.2, -0.15) is 0 Å². The highest BCUT2D eigenvalue weighted by atomic mass is 32.1. The van der Waals surface area contributed by atoms with Gasteiger partial charge in [0.15, 0.2) is 5.96 Å². The van der Waals surface area contributed by atoms with Crippen molar-refractivity contribution in [2.75, 3.05) is 13.1 Å². The average molecular weight is 348 g/mol. The fourth-order valence-corrected chi connectivity index (χ4v) is 3.09. The van der Waals surface area contributed by atoms with Gasteiger partial charge in [0.25, 0.3) is 0 Å². The van der Waals surface area contributed by atoms with E-state index < -0.39 is 0 Å².